The molecule has 0 bridgehead atoms. The Balaban J connectivity index is 1.32. The average Bonchev–Trinajstić information content (AvgIpc) is 2.54. The van der Waals surface area contributed by atoms with E-state index in [0.717, 1.165) is 64.5 Å². The highest BCUT2D eigenvalue weighted by atomic mass is 16.5. The Labute approximate surface area is 131 Å². The maximum atomic E-state index is 6.12. The molecule has 1 unspecified atom stereocenters. The van der Waals surface area contributed by atoms with E-state index in [1.165, 1.54) is 0 Å². The molecule has 1 spiro atoms. The van der Waals surface area contributed by atoms with Crippen LogP contribution < -0.4 is 4.74 Å². The van der Waals surface area contributed by atoms with Crippen LogP contribution in [0.1, 0.15) is 25.7 Å². The number of ether oxygens (including phenoxy) is 3. The minimum absolute atomic E-state index is 0.00992. The molecule has 0 aliphatic carbocycles. The van der Waals surface area contributed by atoms with E-state index in [4.69, 9.17) is 14.2 Å². The maximum Gasteiger partial charge on any atom is 0.213 e. The van der Waals surface area contributed by atoms with Gasteiger partial charge in [-0.15, -0.1) is 0 Å². The summed E-state index contributed by atoms with van der Waals surface area (Å²) in [5.41, 5.74) is 0.00992. The van der Waals surface area contributed by atoms with E-state index in [1.807, 2.05) is 18.2 Å². The van der Waals surface area contributed by atoms with Gasteiger partial charge in [0.2, 0.25) is 5.88 Å². The summed E-state index contributed by atoms with van der Waals surface area (Å²) in [5, 5.41) is 0. The van der Waals surface area contributed by atoms with Crippen LogP contribution in [0.3, 0.4) is 0 Å². The smallest absolute Gasteiger partial charge is 0.213 e. The van der Waals surface area contributed by atoms with Crippen LogP contribution >= 0.6 is 0 Å². The van der Waals surface area contributed by atoms with Crippen molar-refractivity contribution in [3.05, 3.63) is 24.4 Å². The highest BCUT2D eigenvalue weighted by Crippen LogP contribution is 2.37. The Kier molecular flexibility index (Phi) is 4.03. The van der Waals surface area contributed by atoms with E-state index in [-0.39, 0.29) is 11.7 Å². The summed E-state index contributed by atoms with van der Waals surface area (Å²) < 4.78 is 17.6. The lowest BCUT2D eigenvalue weighted by Crippen LogP contribution is -2.68. The van der Waals surface area contributed by atoms with Gasteiger partial charge in [-0.05, 0) is 18.9 Å². The molecule has 120 valence electrons. The van der Waals surface area contributed by atoms with Gasteiger partial charge in [0.25, 0.3) is 0 Å². The van der Waals surface area contributed by atoms with Crippen molar-refractivity contribution in [2.45, 2.75) is 43.4 Å². The molecular formula is C17H24N2O3. The molecule has 5 nitrogen and oxygen atoms in total. The van der Waals surface area contributed by atoms with Crippen molar-refractivity contribution < 1.29 is 14.2 Å². The molecule has 3 aliphatic rings. The quantitative estimate of drug-likeness (QED) is 0.853. The SMILES string of the molecule is c1ccc(OC2CCOC3(C2)CN(C2CCOCC2)C3)nc1. The Bertz CT molecular complexity index is 484. The van der Waals surface area contributed by atoms with E-state index in [2.05, 4.69) is 9.88 Å². The number of hydrogen-bond donors (Lipinski definition) is 0. The van der Waals surface area contributed by atoms with E-state index in [9.17, 15) is 0 Å². The number of aromatic nitrogens is 1. The molecule has 3 fully saturated rings. The summed E-state index contributed by atoms with van der Waals surface area (Å²) >= 11 is 0. The Hall–Kier alpha value is -1.17. The lowest BCUT2D eigenvalue weighted by molar-refractivity contribution is -0.200. The van der Waals surface area contributed by atoms with Crippen LogP contribution in [0.2, 0.25) is 0 Å². The number of rotatable bonds is 3. The third kappa shape index (κ3) is 2.98. The Morgan fingerprint density at radius 1 is 1.14 bits per heavy atom. The highest BCUT2D eigenvalue weighted by molar-refractivity contribution is 5.11. The van der Waals surface area contributed by atoms with Gasteiger partial charge in [-0.2, -0.15) is 0 Å². The first kappa shape index (κ1) is 14.4. The van der Waals surface area contributed by atoms with Crippen LogP contribution in [-0.2, 0) is 9.47 Å². The lowest BCUT2D eigenvalue weighted by atomic mass is 9.82. The molecule has 0 saturated carbocycles. The Morgan fingerprint density at radius 3 is 2.77 bits per heavy atom. The standard InChI is InChI=1S/C17H24N2O3/c1-2-7-18-16(3-1)22-15-6-10-21-17(11-15)12-19(13-17)14-4-8-20-9-5-14/h1-3,7,14-15H,4-6,8-13H2. The van der Waals surface area contributed by atoms with Crippen molar-refractivity contribution >= 4 is 0 Å². The van der Waals surface area contributed by atoms with Gasteiger partial charge in [-0.1, -0.05) is 6.07 Å². The van der Waals surface area contributed by atoms with Gasteiger partial charge >= 0.3 is 0 Å². The maximum absolute atomic E-state index is 6.12. The van der Waals surface area contributed by atoms with E-state index < -0.39 is 0 Å². The predicted octanol–water partition coefficient (Wildman–Crippen LogP) is 1.87. The molecular weight excluding hydrogens is 280 g/mol. The summed E-state index contributed by atoms with van der Waals surface area (Å²) in [5.74, 6) is 0.727. The molecule has 0 radical (unpaired) electrons. The second-order valence-corrected chi connectivity index (χ2v) is 6.68. The zero-order valence-corrected chi connectivity index (χ0v) is 12.9. The fraction of sp³-hybridized carbons (Fsp3) is 0.706. The highest BCUT2D eigenvalue weighted by Gasteiger charge is 2.50. The molecule has 0 aromatic carbocycles. The fourth-order valence-corrected chi connectivity index (χ4v) is 3.89. The van der Waals surface area contributed by atoms with Gasteiger partial charge in [0, 0.05) is 57.4 Å². The van der Waals surface area contributed by atoms with Crippen LogP contribution in [0.5, 0.6) is 5.88 Å². The third-order valence-electron chi connectivity index (χ3n) is 5.06. The van der Waals surface area contributed by atoms with Gasteiger partial charge < -0.3 is 14.2 Å². The summed E-state index contributed by atoms with van der Waals surface area (Å²) in [4.78, 5) is 6.83. The molecule has 1 atom stereocenters. The van der Waals surface area contributed by atoms with Crippen LogP contribution in [0.4, 0.5) is 0 Å². The molecule has 3 aliphatic heterocycles. The van der Waals surface area contributed by atoms with Gasteiger partial charge in [0.1, 0.15) is 6.10 Å². The van der Waals surface area contributed by atoms with Crippen LogP contribution in [-0.4, -0.2) is 60.5 Å². The summed E-state index contributed by atoms with van der Waals surface area (Å²) in [6, 6.07) is 6.49. The first-order valence-electron chi connectivity index (χ1n) is 8.36. The molecule has 5 heteroatoms. The van der Waals surface area contributed by atoms with Crippen molar-refractivity contribution in [2.24, 2.45) is 0 Å². The second-order valence-electron chi connectivity index (χ2n) is 6.68. The zero-order chi connectivity index (χ0) is 14.8. The number of nitrogens with zero attached hydrogens (tertiary/aromatic N) is 2. The topological polar surface area (TPSA) is 43.8 Å². The number of pyridine rings is 1. The number of hydrogen-bond acceptors (Lipinski definition) is 5. The zero-order valence-electron chi connectivity index (χ0n) is 12.9. The second kappa shape index (κ2) is 6.14. The third-order valence-corrected chi connectivity index (χ3v) is 5.06. The van der Waals surface area contributed by atoms with E-state index in [1.54, 1.807) is 6.20 Å². The normalized spacial score (nSPS) is 29.2. The minimum atomic E-state index is 0.00992. The molecule has 1 aromatic heterocycles. The van der Waals surface area contributed by atoms with Crippen molar-refractivity contribution in [2.75, 3.05) is 32.9 Å². The summed E-state index contributed by atoms with van der Waals surface area (Å²) in [7, 11) is 0. The summed E-state index contributed by atoms with van der Waals surface area (Å²) in [6.45, 7) is 4.68. The lowest BCUT2D eigenvalue weighted by Gasteiger charge is -2.56. The van der Waals surface area contributed by atoms with E-state index >= 15 is 0 Å². The Morgan fingerprint density at radius 2 is 2.00 bits per heavy atom. The van der Waals surface area contributed by atoms with E-state index in [0.29, 0.717) is 6.04 Å². The molecule has 22 heavy (non-hydrogen) atoms. The van der Waals surface area contributed by atoms with Crippen LogP contribution in [0.15, 0.2) is 24.4 Å². The van der Waals surface area contributed by atoms with Crippen molar-refractivity contribution in [1.29, 1.82) is 0 Å². The predicted molar refractivity (Wildman–Crippen MR) is 82.0 cm³/mol. The molecule has 0 amide bonds. The van der Waals surface area contributed by atoms with Crippen molar-refractivity contribution in [3.8, 4) is 5.88 Å². The molecule has 1 aromatic rings. The monoisotopic (exact) mass is 304 g/mol. The fourth-order valence-electron chi connectivity index (χ4n) is 3.89. The molecule has 4 rings (SSSR count). The van der Waals surface area contributed by atoms with Crippen molar-refractivity contribution in [3.63, 3.8) is 0 Å². The summed E-state index contributed by atoms with van der Waals surface area (Å²) in [6.07, 6.45) is 6.24. The molecule has 3 saturated heterocycles. The van der Waals surface area contributed by atoms with Crippen molar-refractivity contribution in [1.82, 2.24) is 9.88 Å². The minimum Gasteiger partial charge on any atom is -0.474 e. The van der Waals surface area contributed by atoms with Gasteiger partial charge in [0.15, 0.2) is 0 Å². The van der Waals surface area contributed by atoms with Gasteiger partial charge in [-0.25, -0.2) is 4.98 Å². The van der Waals surface area contributed by atoms with Crippen LogP contribution in [0.25, 0.3) is 0 Å². The number of likely N-dealkylation sites (tertiary alicyclic amines) is 1. The van der Waals surface area contributed by atoms with Gasteiger partial charge in [0.05, 0.1) is 12.2 Å². The largest absolute Gasteiger partial charge is 0.474 e. The molecule has 4 heterocycles. The van der Waals surface area contributed by atoms with Crippen LogP contribution in [0, 0.1) is 0 Å². The first-order chi connectivity index (χ1) is 10.8. The van der Waals surface area contributed by atoms with Gasteiger partial charge in [-0.3, -0.25) is 4.90 Å². The first-order valence-corrected chi connectivity index (χ1v) is 8.36. The average molecular weight is 304 g/mol. The molecule has 0 N–H and O–H groups in total.